The van der Waals surface area contributed by atoms with Crippen molar-refractivity contribution in [3.63, 3.8) is 0 Å². The number of carbonyl (C=O) groups excluding carboxylic acids is 1. The summed E-state index contributed by atoms with van der Waals surface area (Å²) in [4.78, 5) is 12.4. The Balaban J connectivity index is 2.07. The SMILES string of the molecule is CCCCC[C@@H]1CC(=O)C[C@]2(CCC[C@H](O)[C@H]2CCCC)N1. The minimum atomic E-state index is -0.227. The molecule has 2 fully saturated rings. The third-order valence-electron chi connectivity index (χ3n) is 5.80. The van der Waals surface area contributed by atoms with Crippen LogP contribution in [0.5, 0.6) is 0 Å². The molecular weight excluding hydrogens is 274 g/mol. The number of rotatable bonds is 7. The molecule has 22 heavy (non-hydrogen) atoms. The molecule has 0 aromatic rings. The average molecular weight is 309 g/mol. The number of Topliss-reactive ketones (excluding diaryl/α,β-unsaturated/α-hetero) is 1. The fraction of sp³-hybridized carbons (Fsp3) is 0.947. The lowest BCUT2D eigenvalue weighted by molar-refractivity contribution is -0.127. The van der Waals surface area contributed by atoms with Crippen LogP contribution in [-0.2, 0) is 4.79 Å². The third-order valence-corrected chi connectivity index (χ3v) is 5.80. The third kappa shape index (κ3) is 4.32. The standard InChI is InChI=1S/C19H35NO2/c1-3-5-7-9-15-13-16(21)14-19(20-15)12-8-11-18(22)17(19)10-6-4-2/h15,17-18,20,22H,3-14H2,1-2H3/t15-,17-,18+,19+/m1/s1. The first kappa shape index (κ1) is 17.9. The predicted octanol–water partition coefficient (Wildman–Crippen LogP) is 3.98. The van der Waals surface area contributed by atoms with Crippen LogP contribution in [0.15, 0.2) is 0 Å². The van der Waals surface area contributed by atoms with Gasteiger partial charge >= 0.3 is 0 Å². The Kier molecular flexibility index (Phi) is 6.88. The molecule has 3 nitrogen and oxygen atoms in total. The minimum Gasteiger partial charge on any atom is -0.393 e. The highest BCUT2D eigenvalue weighted by molar-refractivity contribution is 5.81. The summed E-state index contributed by atoms with van der Waals surface area (Å²) in [5.41, 5.74) is -0.112. The molecule has 3 heteroatoms. The predicted molar refractivity (Wildman–Crippen MR) is 90.9 cm³/mol. The minimum absolute atomic E-state index is 0.112. The van der Waals surface area contributed by atoms with Gasteiger partial charge in [0.05, 0.1) is 6.10 Å². The van der Waals surface area contributed by atoms with Crippen molar-refractivity contribution in [3.8, 4) is 0 Å². The Bertz CT molecular complexity index is 357. The van der Waals surface area contributed by atoms with Crippen LogP contribution < -0.4 is 5.32 Å². The van der Waals surface area contributed by atoms with E-state index >= 15 is 0 Å². The van der Waals surface area contributed by atoms with Crippen LogP contribution >= 0.6 is 0 Å². The first-order chi connectivity index (χ1) is 10.6. The second kappa shape index (κ2) is 8.44. The summed E-state index contributed by atoms with van der Waals surface area (Å²) in [6.07, 6.45) is 12.3. The van der Waals surface area contributed by atoms with Gasteiger partial charge in [-0.15, -0.1) is 0 Å². The van der Waals surface area contributed by atoms with Gasteiger partial charge in [0.15, 0.2) is 0 Å². The summed E-state index contributed by atoms with van der Waals surface area (Å²) in [5.74, 6) is 0.676. The van der Waals surface area contributed by atoms with Gasteiger partial charge in [-0.25, -0.2) is 0 Å². The fourth-order valence-corrected chi connectivity index (χ4v) is 4.70. The molecule has 0 radical (unpaired) electrons. The first-order valence-electron chi connectivity index (χ1n) is 9.58. The van der Waals surface area contributed by atoms with E-state index in [4.69, 9.17) is 0 Å². The maximum atomic E-state index is 12.4. The van der Waals surface area contributed by atoms with Crippen molar-refractivity contribution in [3.05, 3.63) is 0 Å². The monoisotopic (exact) mass is 309 g/mol. The maximum Gasteiger partial charge on any atom is 0.136 e. The molecule has 0 bridgehead atoms. The van der Waals surface area contributed by atoms with E-state index in [9.17, 15) is 9.90 Å². The Hall–Kier alpha value is -0.410. The van der Waals surface area contributed by atoms with Gasteiger partial charge in [0.2, 0.25) is 0 Å². The number of aliphatic hydroxyl groups is 1. The quantitative estimate of drug-likeness (QED) is 0.699. The van der Waals surface area contributed by atoms with Crippen LogP contribution in [0.4, 0.5) is 0 Å². The number of piperidine rings is 1. The van der Waals surface area contributed by atoms with E-state index in [1.165, 1.54) is 19.3 Å². The molecule has 1 saturated carbocycles. The number of hydrogen-bond acceptors (Lipinski definition) is 3. The molecule has 1 heterocycles. The van der Waals surface area contributed by atoms with Crippen LogP contribution in [0.25, 0.3) is 0 Å². The molecule has 0 aromatic heterocycles. The zero-order valence-electron chi connectivity index (χ0n) is 14.6. The lowest BCUT2D eigenvalue weighted by Gasteiger charge is -2.51. The highest BCUT2D eigenvalue weighted by atomic mass is 16.3. The largest absolute Gasteiger partial charge is 0.393 e. The smallest absolute Gasteiger partial charge is 0.136 e. The molecule has 0 amide bonds. The number of unbranched alkanes of at least 4 members (excludes halogenated alkanes) is 3. The summed E-state index contributed by atoms with van der Waals surface area (Å²) in [7, 11) is 0. The van der Waals surface area contributed by atoms with Gasteiger partial charge in [-0.1, -0.05) is 46.0 Å². The Labute approximate surface area is 136 Å². The maximum absolute atomic E-state index is 12.4. The zero-order valence-corrected chi connectivity index (χ0v) is 14.6. The second-order valence-electron chi connectivity index (χ2n) is 7.62. The van der Waals surface area contributed by atoms with Gasteiger partial charge in [-0.3, -0.25) is 4.79 Å². The van der Waals surface area contributed by atoms with Gasteiger partial charge in [0.1, 0.15) is 5.78 Å². The van der Waals surface area contributed by atoms with Gasteiger partial charge in [-0.05, 0) is 32.1 Å². The molecule has 1 aliphatic carbocycles. The summed E-state index contributed by atoms with van der Waals surface area (Å²) in [5, 5.41) is 14.4. The van der Waals surface area contributed by atoms with E-state index in [1.807, 2.05) is 0 Å². The van der Waals surface area contributed by atoms with Crippen LogP contribution in [0, 0.1) is 5.92 Å². The molecule has 0 aromatic carbocycles. The van der Waals surface area contributed by atoms with Crippen molar-refractivity contribution in [2.75, 3.05) is 0 Å². The van der Waals surface area contributed by atoms with Crippen molar-refractivity contribution < 1.29 is 9.90 Å². The van der Waals surface area contributed by atoms with E-state index in [-0.39, 0.29) is 17.6 Å². The summed E-state index contributed by atoms with van der Waals surface area (Å²) >= 11 is 0. The number of carbonyl (C=O) groups is 1. The number of nitrogens with one attached hydrogen (secondary N) is 1. The number of aliphatic hydroxyl groups excluding tert-OH is 1. The molecule has 1 spiro atoms. The topological polar surface area (TPSA) is 49.3 Å². The van der Waals surface area contributed by atoms with Crippen LogP contribution in [0.2, 0.25) is 0 Å². The highest BCUT2D eigenvalue weighted by Crippen LogP contribution is 2.42. The summed E-state index contributed by atoms with van der Waals surface area (Å²) in [6, 6.07) is 0.335. The fourth-order valence-electron chi connectivity index (χ4n) is 4.70. The van der Waals surface area contributed by atoms with Gasteiger partial charge in [-0.2, -0.15) is 0 Å². The Morgan fingerprint density at radius 3 is 2.68 bits per heavy atom. The molecule has 2 aliphatic rings. The lowest BCUT2D eigenvalue weighted by Crippen LogP contribution is -2.64. The van der Waals surface area contributed by atoms with E-state index in [2.05, 4.69) is 19.2 Å². The average Bonchev–Trinajstić information content (AvgIpc) is 2.46. The second-order valence-corrected chi connectivity index (χ2v) is 7.62. The van der Waals surface area contributed by atoms with Gasteiger partial charge < -0.3 is 10.4 Å². The molecular formula is C19H35NO2. The van der Waals surface area contributed by atoms with Crippen LogP contribution in [-0.4, -0.2) is 28.6 Å². The van der Waals surface area contributed by atoms with Gasteiger partial charge in [0, 0.05) is 30.3 Å². The van der Waals surface area contributed by atoms with Crippen molar-refractivity contribution in [1.29, 1.82) is 0 Å². The Morgan fingerprint density at radius 1 is 1.18 bits per heavy atom. The van der Waals surface area contributed by atoms with E-state index in [1.54, 1.807) is 0 Å². The highest BCUT2D eigenvalue weighted by Gasteiger charge is 2.48. The van der Waals surface area contributed by atoms with E-state index in [0.717, 1.165) is 44.9 Å². The lowest BCUT2D eigenvalue weighted by atomic mass is 9.64. The molecule has 2 rings (SSSR count). The Morgan fingerprint density at radius 2 is 1.95 bits per heavy atom. The van der Waals surface area contributed by atoms with Crippen molar-refractivity contribution in [2.45, 2.75) is 109 Å². The first-order valence-corrected chi connectivity index (χ1v) is 9.58. The molecule has 4 atom stereocenters. The van der Waals surface area contributed by atoms with Crippen LogP contribution in [0.3, 0.4) is 0 Å². The number of hydrogen-bond donors (Lipinski definition) is 2. The van der Waals surface area contributed by atoms with E-state index in [0.29, 0.717) is 24.7 Å². The molecule has 1 aliphatic heterocycles. The van der Waals surface area contributed by atoms with Crippen LogP contribution in [0.1, 0.15) is 90.9 Å². The molecule has 1 saturated heterocycles. The normalized spacial score (nSPS) is 36.0. The van der Waals surface area contributed by atoms with Crippen molar-refractivity contribution in [1.82, 2.24) is 5.32 Å². The molecule has 2 N–H and O–H groups in total. The molecule has 0 unspecified atom stereocenters. The van der Waals surface area contributed by atoms with Gasteiger partial charge in [0.25, 0.3) is 0 Å². The summed E-state index contributed by atoms with van der Waals surface area (Å²) < 4.78 is 0. The van der Waals surface area contributed by atoms with E-state index < -0.39 is 0 Å². The number of ketones is 1. The van der Waals surface area contributed by atoms with Crippen molar-refractivity contribution in [2.24, 2.45) is 5.92 Å². The van der Waals surface area contributed by atoms with Crippen molar-refractivity contribution >= 4 is 5.78 Å². The molecule has 128 valence electrons. The summed E-state index contributed by atoms with van der Waals surface area (Å²) in [6.45, 7) is 4.42. The zero-order chi connectivity index (χ0) is 16.0.